The van der Waals surface area contributed by atoms with Gasteiger partial charge in [0, 0.05) is 29.4 Å². The van der Waals surface area contributed by atoms with E-state index in [0.29, 0.717) is 5.57 Å². The van der Waals surface area contributed by atoms with E-state index < -0.39 is 47.7 Å². The summed E-state index contributed by atoms with van der Waals surface area (Å²) < 4.78 is 11.2. The molecule has 0 spiro atoms. The second-order valence-electron chi connectivity index (χ2n) is 7.85. The van der Waals surface area contributed by atoms with Crippen molar-refractivity contribution < 1.29 is 29.3 Å². The molecular weight excluding hydrogens is 336 g/mol. The first-order valence-corrected chi connectivity index (χ1v) is 8.91. The van der Waals surface area contributed by atoms with Gasteiger partial charge in [0.15, 0.2) is 0 Å². The summed E-state index contributed by atoms with van der Waals surface area (Å²) in [7, 11) is 0. The van der Waals surface area contributed by atoms with Crippen molar-refractivity contribution in [3.05, 3.63) is 35.5 Å². The molecule has 1 saturated carbocycles. The lowest BCUT2D eigenvalue weighted by Gasteiger charge is -2.36. The Kier molecular flexibility index (Phi) is 4.61. The molecule has 2 aliphatic carbocycles. The highest BCUT2D eigenvalue weighted by Gasteiger charge is 2.60. The number of allylic oxidation sites excluding steroid dienone is 1. The maximum absolute atomic E-state index is 12.3. The zero-order valence-electron chi connectivity index (χ0n) is 15.6. The summed E-state index contributed by atoms with van der Waals surface area (Å²) in [4.78, 5) is 24.5. The second kappa shape index (κ2) is 6.35. The highest BCUT2D eigenvalue weighted by atomic mass is 16.6. The summed E-state index contributed by atoms with van der Waals surface area (Å²) in [5.41, 5.74) is 0.246. The zero-order valence-corrected chi connectivity index (χ0v) is 15.6. The van der Waals surface area contributed by atoms with Gasteiger partial charge >= 0.3 is 11.9 Å². The second-order valence-corrected chi connectivity index (χ2v) is 7.85. The molecule has 2 N–H and O–H groups in total. The number of carbonyl (C=O) groups is 2. The molecule has 6 heteroatoms. The summed E-state index contributed by atoms with van der Waals surface area (Å²) in [5, 5.41) is 21.6. The summed E-state index contributed by atoms with van der Waals surface area (Å²) in [5.74, 6) is -2.46. The van der Waals surface area contributed by atoms with Crippen LogP contribution in [-0.4, -0.2) is 46.1 Å². The molecule has 2 fully saturated rings. The first-order chi connectivity index (χ1) is 12.1. The zero-order chi connectivity index (χ0) is 19.4. The highest BCUT2D eigenvalue weighted by molar-refractivity contribution is 5.91. The molecule has 1 saturated heterocycles. The average molecular weight is 362 g/mol. The average Bonchev–Trinajstić information content (AvgIpc) is 2.98. The molecule has 3 rings (SSSR count). The van der Waals surface area contributed by atoms with Gasteiger partial charge in [-0.05, 0) is 27.7 Å². The van der Waals surface area contributed by atoms with Crippen LogP contribution >= 0.6 is 0 Å². The number of rotatable bonds is 2. The Balaban J connectivity index is 2.04. The van der Waals surface area contributed by atoms with Crippen LogP contribution in [0.15, 0.2) is 35.5 Å². The van der Waals surface area contributed by atoms with Gasteiger partial charge in [0.2, 0.25) is 0 Å². The number of ether oxygens (including phenoxy) is 2. The third kappa shape index (κ3) is 2.81. The first-order valence-electron chi connectivity index (χ1n) is 8.91. The monoisotopic (exact) mass is 362 g/mol. The van der Waals surface area contributed by atoms with E-state index in [1.54, 1.807) is 32.9 Å². The topological polar surface area (TPSA) is 93.1 Å². The van der Waals surface area contributed by atoms with E-state index in [1.165, 1.54) is 0 Å². The number of hydrogen-bond donors (Lipinski definition) is 2. The van der Waals surface area contributed by atoms with Crippen molar-refractivity contribution in [2.24, 2.45) is 17.8 Å². The van der Waals surface area contributed by atoms with E-state index in [1.807, 2.05) is 6.92 Å². The normalized spacial score (nSPS) is 42.5. The van der Waals surface area contributed by atoms with Crippen LogP contribution in [0.1, 0.15) is 34.1 Å². The van der Waals surface area contributed by atoms with Crippen LogP contribution in [0.3, 0.4) is 0 Å². The van der Waals surface area contributed by atoms with Gasteiger partial charge in [-0.15, -0.1) is 0 Å². The number of hydrogen-bond acceptors (Lipinski definition) is 6. The van der Waals surface area contributed by atoms with E-state index in [4.69, 9.17) is 9.47 Å². The number of carbonyl (C=O) groups excluding carboxylic acids is 2. The molecular formula is C20H26O6. The molecule has 1 aliphatic heterocycles. The maximum Gasteiger partial charge on any atom is 0.334 e. The highest BCUT2D eigenvalue weighted by Crippen LogP contribution is 2.52. The fourth-order valence-corrected chi connectivity index (χ4v) is 4.67. The largest absolute Gasteiger partial charge is 0.458 e. The molecule has 0 radical (unpaired) electrons. The molecule has 6 nitrogen and oxygen atoms in total. The fraction of sp³-hybridized carbons (Fsp3) is 0.600. The van der Waals surface area contributed by atoms with Crippen molar-refractivity contribution in [1.29, 1.82) is 0 Å². The molecule has 26 heavy (non-hydrogen) atoms. The third-order valence-electron chi connectivity index (χ3n) is 6.08. The van der Waals surface area contributed by atoms with Crippen LogP contribution in [0.5, 0.6) is 0 Å². The molecule has 142 valence electrons. The van der Waals surface area contributed by atoms with Crippen molar-refractivity contribution in [1.82, 2.24) is 0 Å². The van der Waals surface area contributed by atoms with Crippen LogP contribution < -0.4 is 0 Å². The van der Waals surface area contributed by atoms with Crippen molar-refractivity contribution in [2.45, 2.75) is 58.0 Å². The molecule has 0 bridgehead atoms. The molecule has 7 atom stereocenters. The van der Waals surface area contributed by atoms with Gasteiger partial charge in [-0.1, -0.05) is 24.3 Å². The summed E-state index contributed by atoms with van der Waals surface area (Å²) >= 11 is 0. The van der Waals surface area contributed by atoms with E-state index in [9.17, 15) is 19.8 Å². The van der Waals surface area contributed by atoms with Gasteiger partial charge in [-0.2, -0.15) is 0 Å². The van der Waals surface area contributed by atoms with Crippen molar-refractivity contribution in [3.8, 4) is 0 Å². The van der Waals surface area contributed by atoms with Gasteiger partial charge in [0.25, 0.3) is 0 Å². The van der Waals surface area contributed by atoms with E-state index in [2.05, 4.69) is 6.58 Å². The van der Waals surface area contributed by atoms with Crippen LogP contribution in [-0.2, 0) is 19.1 Å². The van der Waals surface area contributed by atoms with Gasteiger partial charge in [0.1, 0.15) is 12.2 Å². The number of fused-ring (bicyclic) bond motifs is 3. The predicted molar refractivity (Wildman–Crippen MR) is 93.8 cm³/mol. The Bertz CT molecular complexity index is 716. The lowest BCUT2D eigenvalue weighted by atomic mass is 9.75. The first kappa shape index (κ1) is 18.9. The Morgan fingerprint density at radius 3 is 2.73 bits per heavy atom. The van der Waals surface area contributed by atoms with Gasteiger partial charge in [-0.3, -0.25) is 0 Å². The summed E-state index contributed by atoms with van der Waals surface area (Å²) in [6, 6.07) is 0. The molecule has 0 aromatic heterocycles. The van der Waals surface area contributed by atoms with E-state index in [0.717, 1.165) is 5.57 Å². The van der Waals surface area contributed by atoms with E-state index in [-0.39, 0.29) is 17.9 Å². The Morgan fingerprint density at radius 1 is 1.46 bits per heavy atom. The molecule has 3 aliphatic rings. The Morgan fingerprint density at radius 2 is 2.12 bits per heavy atom. The van der Waals surface area contributed by atoms with Crippen LogP contribution in [0, 0.1) is 17.8 Å². The molecule has 2 unspecified atom stereocenters. The van der Waals surface area contributed by atoms with Crippen molar-refractivity contribution in [2.75, 3.05) is 0 Å². The third-order valence-corrected chi connectivity index (χ3v) is 6.08. The molecule has 1 heterocycles. The number of esters is 2. The number of aliphatic hydroxyl groups excluding tert-OH is 1. The smallest absolute Gasteiger partial charge is 0.334 e. The molecule has 0 aromatic carbocycles. The van der Waals surface area contributed by atoms with Gasteiger partial charge in [-0.25, -0.2) is 9.59 Å². The van der Waals surface area contributed by atoms with Crippen LogP contribution in [0.25, 0.3) is 0 Å². The Hall–Kier alpha value is -1.92. The minimum absolute atomic E-state index is 0.0892. The number of aliphatic hydroxyl groups is 2. The minimum atomic E-state index is -1.30. The quantitative estimate of drug-likeness (QED) is 0.441. The summed E-state index contributed by atoms with van der Waals surface area (Å²) in [6.45, 7) is 10.7. The Labute approximate surface area is 153 Å². The molecule has 0 amide bonds. The lowest BCUT2D eigenvalue weighted by Crippen LogP contribution is -2.45. The molecule has 0 aromatic rings. The summed E-state index contributed by atoms with van der Waals surface area (Å²) in [6.07, 6.45) is 1.20. The predicted octanol–water partition coefficient (Wildman–Crippen LogP) is 1.67. The van der Waals surface area contributed by atoms with Crippen molar-refractivity contribution >= 4 is 11.9 Å². The van der Waals surface area contributed by atoms with Crippen LogP contribution in [0.4, 0.5) is 0 Å². The standard InChI is InChI=1S/C20H26O6/c1-6-9(2)18(22)25-13-8-20(5,24)16-12(21)7-10(3)14(16)17-15(13)11(4)19(23)26-17/h6-7,12-17,21,24H,4,8H2,1-3,5H3/b9-6-/t12-,13+,14?,15+,16?,17+,20+/m0/s1. The maximum atomic E-state index is 12.3. The van der Waals surface area contributed by atoms with Crippen molar-refractivity contribution in [3.63, 3.8) is 0 Å². The van der Waals surface area contributed by atoms with E-state index >= 15 is 0 Å². The fourth-order valence-electron chi connectivity index (χ4n) is 4.67. The minimum Gasteiger partial charge on any atom is -0.458 e. The SMILES string of the molecule is C=C1C(=O)O[C@@H]2C3C(C)=C[C@H](O)C3[C@](C)(O)C[C@@H](OC(=O)/C(C)=C\C)[C@@H]12. The van der Waals surface area contributed by atoms with Crippen LogP contribution in [0.2, 0.25) is 0 Å². The van der Waals surface area contributed by atoms with Gasteiger partial charge < -0.3 is 19.7 Å². The lowest BCUT2D eigenvalue weighted by molar-refractivity contribution is -0.150. The van der Waals surface area contributed by atoms with Gasteiger partial charge in [0.05, 0.1) is 17.6 Å².